The number of nitrogens with one attached hydrogen (secondary N) is 1. The lowest BCUT2D eigenvalue weighted by molar-refractivity contribution is -0.115. The summed E-state index contributed by atoms with van der Waals surface area (Å²) in [6, 6.07) is 20.4. The van der Waals surface area contributed by atoms with Gasteiger partial charge in [0.15, 0.2) is 12.4 Å². The zero-order valence-corrected chi connectivity index (χ0v) is 18.8. The van der Waals surface area contributed by atoms with Crippen LogP contribution in [0.2, 0.25) is 0 Å². The molecule has 3 rings (SSSR count). The van der Waals surface area contributed by atoms with E-state index in [1.165, 1.54) is 12.1 Å². The molecule has 0 radical (unpaired) electrons. The van der Waals surface area contributed by atoms with E-state index in [9.17, 15) is 14.4 Å². The Labute approximate surface area is 194 Å². The second-order valence-corrected chi connectivity index (χ2v) is 7.56. The second-order valence-electron chi connectivity index (χ2n) is 6.64. The van der Waals surface area contributed by atoms with Crippen molar-refractivity contribution in [2.75, 3.05) is 13.7 Å². The molecule has 0 spiro atoms. The summed E-state index contributed by atoms with van der Waals surface area (Å²) < 4.78 is 11.5. The predicted octanol–water partition coefficient (Wildman–Crippen LogP) is 4.69. The van der Waals surface area contributed by atoms with E-state index in [1.807, 2.05) is 0 Å². The number of benzene rings is 3. The van der Waals surface area contributed by atoms with Gasteiger partial charge in [-0.1, -0.05) is 52.3 Å². The van der Waals surface area contributed by atoms with E-state index in [1.54, 1.807) is 79.9 Å². The third kappa shape index (κ3) is 6.39. The molecule has 0 heterocycles. The first-order chi connectivity index (χ1) is 15.5. The summed E-state index contributed by atoms with van der Waals surface area (Å²) in [5.41, 5.74) is 1.43. The van der Waals surface area contributed by atoms with E-state index in [-0.39, 0.29) is 23.7 Å². The van der Waals surface area contributed by atoms with Gasteiger partial charge < -0.3 is 9.47 Å². The van der Waals surface area contributed by atoms with Crippen molar-refractivity contribution >= 4 is 39.6 Å². The number of ether oxygens (including phenoxy) is 2. The Morgan fingerprint density at radius 3 is 2.31 bits per heavy atom. The smallest absolute Gasteiger partial charge is 0.261 e. The Balaban J connectivity index is 1.61. The normalized spacial score (nSPS) is 10.6. The second kappa shape index (κ2) is 11.1. The van der Waals surface area contributed by atoms with Gasteiger partial charge in [-0.25, -0.2) is 0 Å². The van der Waals surface area contributed by atoms with Gasteiger partial charge in [0, 0.05) is 16.1 Å². The van der Waals surface area contributed by atoms with Crippen LogP contribution in [0.25, 0.3) is 6.08 Å². The van der Waals surface area contributed by atoms with Gasteiger partial charge in [-0.15, -0.1) is 0 Å². The number of hydrogen-bond acceptors (Lipinski definition) is 5. The van der Waals surface area contributed by atoms with Gasteiger partial charge >= 0.3 is 0 Å². The average molecular weight is 494 g/mol. The van der Waals surface area contributed by atoms with Gasteiger partial charge in [-0.05, 0) is 48.0 Å². The van der Waals surface area contributed by atoms with Crippen LogP contribution in [0, 0.1) is 0 Å². The lowest BCUT2D eigenvalue weighted by atomic mass is 10.1. The molecule has 32 heavy (non-hydrogen) atoms. The van der Waals surface area contributed by atoms with Crippen LogP contribution in [0.5, 0.6) is 11.5 Å². The van der Waals surface area contributed by atoms with Crippen molar-refractivity contribution in [1.29, 1.82) is 0 Å². The first-order valence-corrected chi connectivity index (χ1v) is 10.4. The lowest BCUT2D eigenvalue weighted by Crippen LogP contribution is -2.29. The van der Waals surface area contributed by atoms with Gasteiger partial charge in [-0.3, -0.25) is 19.7 Å². The van der Waals surface area contributed by atoms with Crippen molar-refractivity contribution in [1.82, 2.24) is 5.32 Å². The number of para-hydroxylation sites is 1. The third-order valence-electron chi connectivity index (χ3n) is 4.44. The molecule has 162 valence electrons. The topological polar surface area (TPSA) is 81.7 Å². The Morgan fingerprint density at radius 2 is 1.62 bits per heavy atom. The number of carbonyl (C=O) groups excluding carboxylic acids is 3. The van der Waals surface area contributed by atoms with Crippen LogP contribution in [0.4, 0.5) is 0 Å². The fourth-order valence-electron chi connectivity index (χ4n) is 2.75. The SMILES string of the molecule is COc1ccc(C=CC(=O)NC(=O)c2ccccc2OCC(=O)c2ccc(Br)cc2)cc1. The summed E-state index contributed by atoms with van der Waals surface area (Å²) in [6.07, 6.45) is 2.85. The zero-order valence-electron chi connectivity index (χ0n) is 17.2. The molecule has 0 saturated carbocycles. The van der Waals surface area contributed by atoms with Gasteiger partial charge in [0.2, 0.25) is 0 Å². The number of ketones is 1. The molecule has 3 aromatic carbocycles. The number of imide groups is 1. The van der Waals surface area contributed by atoms with Crippen LogP contribution in [0.3, 0.4) is 0 Å². The molecule has 7 heteroatoms. The Bertz CT molecular complexity index is 1140. The number of amides is 2. The molecule has 0 atom stereocenters. The van der Waals surface area contributed by atoms with Crippen LogP contribution in [-0.4, -0.2) is 31.3 Å². The largest absolute Gasteiger partial charge is 0.497 e. The number of methoxy groups -OCH3 is 1. The quantitative estimate of drug-likeness (QED) is 0.363. The van der Waals surface area contributed by atoms with Gasteiger partial charge in [0.25, 0.3) is 11.8 Å². The van der Waals surface area contributed by atoms with Crippen LogP contribution in [0.1, 0.15) is 26.3 Å². The molecule has 6 nitrogen and oxygen atoms in total. The monoisotopic (exact) mass is 493 g/mol. The van der Waals surface area contributed by atoms with Crippen molar-refractivity contribution in [3.63, 3.8) is 0 Å². The van der Waals surface area contributed by atoms with E-state index in [2.05, 4.69) is 21.2 Å². The van der Waals surface area contributed by atoms with E-state index in [4.69, 9.17) is 9.47 Å². The fraction of sp³-hybridized carbons (Fsp3) is 0.0800. The maximum absolute atomic E-state index is 12.6. The molecule has 1 N–H and O–H groups in total. The molecule has 0 aliphatic heterocycles. The van der Waals surface area contributed by atoms with Gasteiger partial charge in [0.1, 0.15) is 11.5 Å². The number of rotatable bonds is 8. The van der Waals surface area contributed by atoms with E-state index < -0.39 is 11.8 Å². The highest BCUT2D eigenvalue weighted by Gasteiger charge is 2.15. The minimum absolute atomic E-state index is 0.155. The molecule has 0 bridgehead atoms. The summed E-state index contributed by atoms with van der Waals surface area (Å²) in [5.74, 6) is -0.516. The molecule has 3 aromatic rings. The minimum Gasteiger partial charge on any atom is -0.497 e. The first kappa shape index (κ1) is 23.0. The highest BCUT2D eigenvalue weighted by Crippen LogP contribution is 2.19. The number of carbonyl (C=O) groups is 3. The summed E-state index contributed by atoms with van der Waals surface area (Å²) in [4.78, 5) is 37.1. The summed E-state index contributed by atoms with van der Waals surface area (Å²) in [7, 11) is 1.57. The Morgan fingerprint density at radius 1 is 0.938 bits per heavy atom. The molecule has 2 amide bonds. The van der Waals surface area contributed by atoms with E-state index in [0.717, 1.165) is 10.0 Å². The van der Waals surface area contributed by atoms with E-state index in [0.29, 0.717) is 11.3 Å². The number of halogens is 1. The molecule has 0 unspecified atom stereocenters. The standard InChI is InChI=1S/C25H20BrNO5/c1-31-20-13-6-17(7-14-20)8-15-24(29)27-25(30)21-4-2-3-5-23(21)32-16-22(28)18-9-11-19(26)12-10-18/h2-15H,16H2,1H3,(H,27,29,30). The Kier molecular flexibility index (Phi) is 7.94. The number of hydrogen-bond donors (Lipinski definition) is 1. The summed E-state index contributed by atoms with van der Waals surface area (Å²) in [5, 5.41) is 2.30. The van der Waals surface area contributed by atoms with Crippen molar-refractivity contribution < 1.29 is 23.9 Å². The minimum atomic E-state index is -0.624. The van der Waals surface area contributed by atoms with Gasteiger partial charge in [0.05, 0.1) is 12.7 Å². The van der Waals surface area contributed by atoms with Crippen LogP contribution in [0.15, 0.2) is 83.3 Å². The number of Topliss-reactive ketones (excluding diaryl/α,β-unsaturated/α-hetero) is 1. The highest BCUT2D eigenvalue weighted by molar-refractivity contribution is 9.10. The maximum atomic E-state index is 12.6. The summed E-state index contributed by atoms with van der Waals surface area (Å²) in [6.45, 7) is -0.239. The molecule has 0 aliphatic rings. The van der Waals surface area contributed by atoms with Crippen molar-refractivity contribution in [3.05, 3.63) is 100 Å². The lowest BCUT2D eigenvalue weighted by Gasteiger charge is -2.10. The van der Waals surface area contributed by atoms with Crippen molar-refractivity contribution in [3.8, 4) is 11.5 Å². The molecule has 0 aromatic heterocycles. The first-order valence-electron chi connectivity index (χ1n) is 9.64. The average Bonchev–Trinajstić information content (AvgIpc) is 2.82. The van der Waals surface area contributed by atoms with Crippen LogP contribution >= 0.6 is 15.9 Å². The molecule has 0 saturated heterocycles. The highest BCUT2D eigenvalue weighted by atomic mass is 79.9. The van der Waals surface area contributed by atoms with Crippen LogP contribution in [-0.2, 0) is 4.79 Å². The zero-order chi connectivity index (χ0) is 22.9. The Hall–Kier alpha value is -3.71. The predicted molar refractivity (Wildman–Crippen MR) is 125 cm³/mol. The maximum Gasteiger partial charge on any atom is 0.261 e. The molecule has 0 fully saturated rings. The van der Waals surface area contributed by atoms with Gasteiger partial charge in [-0.2, -0.15) is 0 Å². The summed E-state index contributed by atoms with van der Waals surface area (Å²) >= 11 is 3.32. The fourth-order valence-corrected chi connectivity index (χ4v) is 3.01. The third-order valence-corrected chi connectivity index (χ3v) is 4.97. The van der Waals surface area contributed by atoms with Crippen LogP contribution < -0.4 is 14.8 Å². The molecule has 0 aliphatic carbocycles. The van der Waals surface area contributed by atoms with E-state index >= 15 is 0 Å². The van der Waals surface area contributed by atoms with Crippen molar-refractivity contribution in [2.24, 2.45) is 0 Å². The molecular weight excluding hydrogens is 474 g/mol. The van der Waals surface area contributed by atoms with Crippen molar-refractivity contribution in [2.45, 2.75) is 0 Å². The molecular formula is C25H20BrNO5.